The zero-order valence-corrected chi connectivity index (χ0v) is 12.3. The van der Waals surface area contributed by atoms with Crippen LogP contribution >= 0.6 is 11.3 Å². The molecule has 2 aromatic heterocycles. The molecule has 7 heteroatoms. The summed E-state index contributed by atoms with van der Waals surface area (Å²) in [6, 6.07) is 1.11. The normalized spacial score (nSPS) is 13.6. The van der Waals surface area contributed by atoms with Gasteiger partial charge in [0.25, 0.3) is 5.91 Å². The molecule has 2 heterocycles. The second-order valence-corrected chi connectivity index (χ2v) is 5.81. The quantitative estimate of drug-likeness (QED) is 0.940. The van der Waals surface area contributed by atoms with Crippen molar-refractivity contribution in [1.29, 1.82) is 0 Å². The molecule has 110 valence electrons. The van der Waals surface area contributed by atoms with Crippen LogP contribution in [0.5, 0.6) is 5.75 Å². The number of rotatable bonds is 3. The fourth-order valence-electron chi connectivity index (χ4n) is 2.23. The van der Waals surface area contributed by atoms with Crippen LogP contribution in [0.2, 0.25) is 0 Å². The number of amides is 1. The number of ether oxygens (including phenoxy) is 1. The Bertz CT molecular complexity index is 711. The number of methoxy groups -OCH3 is 1. The van der Waals surface area contributed by atoms with Crippen molar-refractivity contribution < 1.29 is 13.9 Å². The van der Waals surface area contributed by atoms with Gasteiger partial charge in [-0.15, -0.1) is 11.3 Å². The van der Waals surface area contributed by atoms with Crippen LogP contribution in [0.15, 0.2) is 21.5 Å². The number of hydrogen-bond donors (Lipinski definition) is 1. The summed E-state index contributed by atoms with van der Waals surface area (Å²) in [5.74, 6) is -0.480. The van der Waals surface area contributed by atoms with Gasteiger partial charge in [-0.05, 0) is 25.7 Å². The molecule has 0 unspecified atom stereocenters. The lowest BCUT2D eigenvalue weighted by Gasteiger charge is -2.06. The minimum atomic E-state index is -0.485. The Morgan fingerprint density at radius 2 is 2.24 bits per heavy atom. The third kappa shape index (κ3) is 2.82. The van der Waals surface area contributed by atoms with Crippen LogP contribution in [0.3, 0.4) is 0 Å². The van der Waals surface area contributed by atoms with Crippen LogP contribution in [0.25, 0.3) is 0 Å². The summed E-state index contributed by atoms with van der Waals surface area (Å²) in [5, 5.41) is 3.22. The van der Waals surface area contributed by atoms with Gasteiger partial charge in [0.2, 0.25) is 11.2 Å². The summed E-state index contributed by atoms with van der Waals surface area (Å²) in [7, 11) is 1.37. The molecule has 0 radical (unpaired) electrons. The van der Waals surface area contributed by atoms with Crippen molar-refractivity contribution in [1.82, 2.24) is 4.98 Å². The predicted molar refractivity (Wildman–Crippen MR) is 78.2 cm³/mol. The van der Waals surface area contributed by atoms with E-state index in [1.54, 1.807) is 0 Å². The third-order valence-corrected chi connectivity index (χ3v) is 4.38. The molecule has 0 saturated heterocycles. The van der Waals surface area contributed by atoms with Crippen LogP contribution in [-0.4, -0.2) is 18.0 Å². The molecule has 0 spiro atoms. The Labute approximate surface area is 124 Å². The van der Waals surface area contributed by atoms with Gasteiger partial charge in [-0.25, -0.2) is 4.98 Å². The number of carbonyl (C=O) groups excluding carboxylic acids is 1. The Morgan fingerprint density at radius 1 is 1.43 bits per heavy atom. The molecular formula is C14H14N2O4S. The topological polar surface area (TPSA) is 81.4 Å². The molecule has 1 aliphatic rings. The summed E-state index contributed by atoms with van der Waals surface area (Å²) in [4.78, 5) is 29.3. The summed E-state index contributed by atoms with van der Waals surface area (Å²) in [6.45, 7) is 0. The molecule has 3 rings (SSSR count). The molecule has 0 saturated carbocycles. The fourth-order valence-corrected chi connectivity index (χ4v) is 3.28. The first-order chi connectivity index (χ1) is 10.2. The van der Waals surface area contributed by atoms with Crippen LogP contribution < -0.4 is 15.5 Å². The molecule has 0 atom stereocenters. The van der Waals surface area contributed by atoms with Crippen molar-refractivity contribution in [2.75, 3.05) is 12.4 Å². The number of fused-ring (bicyclic) bond motifs is 1. The van der Waals surface area contributed by atoms with Gasteiger partial charge < -0.3 is 9.15 Å². The third-order valence-electron chi connectivity index (χ3n) is 3.31. The molecule has 0 aliphatic heterocycles. The number of aryl methyl sites for hydroxylation is 2. The van der Waals surface area contributed by atoms with Gasteiger partial charge >= 0.3 is 0 Å². The van der Waals surface area contributed by atoms with Gasteiger partial charge in [0, 0.05) is 10.9 Å². The van der Waals surface area contributed by atoms with E-state index in [1.165, 1.54) is 23.3 Å². The molecule has 0 aromatic carbocycles. The molecular weight excluding hydrogens is 292 g/mol. The predicted octanol–water partition coefficient (Wildman–Crippen LogP) is 2.24. The maximum Gasteiger partial charge on any atom is 0.293 e. The number of carbonyl (C=O) groups is 1. The highest BCUT2D eigenvalue weighted by atomic mass is 32.1. The number of thiazole rings is 1. The SMILES string of the molecule is COc1coc(C(=O)Nc2nc3c(s2)CCCC3)cc1=O. The van der Waals surface area contributed by atoms with E-state index in [4.69, 9.17) is 9.15 Å². The summed E-state index contributed by atoms with van der Waals surface area (Å²) >= 11 is 1.48. The highest BCUT2D eigenvalue weighted by Crippen LogP contribution is 2.29. The minimum absolute atomic E-state index is 0.0611. The highest BCUT2D eigenvalue weighted by Gasteiger charge is 2.18. The Morgan fingerprint density at radius 3 is 2.95 bits per heavy atom. The number of nitrogens with zero attached hydrogens (tertiary/aromatic N) is 1. The summed E-state index contributed by atoms with van der Waals surface area (Å²) < 4.78 is 9.91. The number of aromatic nitrogens is 1. The molecule has 1 amide bonds. The van der Waals surface area contributed by atoms with Gasteiger partial charge in [-0.3, -0.25) is 14.9 Å². The average molecular weight is 306 g/mol. The van der Waals surface area contributed by atoms with Crippen molar-refractivity contribution >= 4 is 22.4 Å². The summed E-state index contributed by atoms with van der Waals surface area (Å²) in [6.07, 6.45) is 5.40. The van der Waals surface area contributed by atoms with Gasteiger partial charge in [-0.2, -0.15) is 0 Å². The van der Waals surface area contributed by atoms with E-state index in [1.807, 2.05) is 0 Å². The van der Waals surface area contributed by atoms with Crippen molar-refractivity contribution in [3.8, 4) is 5.75 Å². The maximum atomic E-state index is 12.1. The lowest BCUT2D eigenvalue weighted by Crippen LogP contribution is -2.15. The van der Waals surface area contributed by atoms with Crippen LogP contribution in [0, 0.1) is 0 Å². The maximum absolute atomic E-state index is 12.1. The first kappa shape index (κ1) is 13.8. The second kappa shape index (κ2) is 5.69. The second-order valence-electron chi connectivity index (χ2n) is 4.73. The van der Waals surface area contributed by atoms with Crippen molar-refractivity contribution in [2.24, 2.45) is 0 Å². The Balaban J connectivity index is 1.78. The number of nitrogens with one attached hydrogen (secondary N) is 1. The van der Waals surface area contributed by atoms with Gasteiger partial charge in [0.05, 0.1) is 12.8 Å². The average Bonchev–Trinajstić information content (AvgIpc) is 2.89. The van der Waals surface area contributed by atoms with E-state index >= 15 is 0 Å². The highest BCUT2D eigenvalue weighted by molar-refractivity contribution is 7.15. The molecule has 1 N–H and O–H groups in total. The minimum Gasteiger partial charge on any atom is -0.490 e. The Kier molecular flexibility index (Phi) is 3.74. The molecule has 2 aromatic rings. The molecule has 0 fully saturated rings. The lowest BCUT2D eigenvalue weighted by molar-refractivity contribution is 0.0993. The molecule has 6 nitrogen and oxygen atoms in total. The monoisotopic (exact) mass is 306 g/mol. The van der Waals surface area contributed by atoms with E-state index in [0.717, 1.165) is 43.7 Å². The zero-order valence-electron chi connectivity index (χ0n) is 11.5. The van der Waals surface area contributed by atoms with E-state index in [-0.39, 0.29) is 11.5 Å². The molecule has 21 heavy (non-hydrogen) atoms. The number of anilines is 1. The van der Waals surface area contributed by atoms with Crippen molar-refractivity contribution in [3.63, 3.8) is 0 Å². The van der Waals surface area contributed by atoms with Gasteiger partial charge in [0.1, 0.15) is 6.26 Å². The molecule has 1 aliphatic carbocycles. The number of hydrogen-bond acceptors (Lipinski definition) is 6. The smallest absolute Gasteiger partial charge is 0.293 e. The summed E-state index contributed by atoms with van der Waals surface area (Å²) in [5.41, 5.74) is 0.671. The van der Waals surface area contributed by atoms with Crippen LogP contribution in [0.1, 0.15) is 34.0 Å². The Hall–Kier alpha value is -2.15. The molecule has 0 bridgehead atoms. The first-order valence-corrected chi connectivity index (χ1v) is 7.46. The lowest BCUT2D eigenvalue weighted by atomic mass is 10.0. The standard InChI is InChI=1S/C14H14N2O4S/c1-19-11-7-20-10(6-9(11)17)13(18)16-14-15-8-4-2-3-5-12(8)21-14/h6-7H,2-5H2,1H3,(H,15,16,18). The van der Waals surface area contributed by atoms with Crippen molar-refractivity contribution in [2.45, 2.75) is 25.7 Å². The van der Waals surface area contributed by atoms with Crippen molar-refractivity contribution in [3.05, 3.63) is 38.9 Å². The van der Waals surface area contributed by atoms with E-state index in [2.05, 4.69) is 10.3 Å². The van der Waals surface area contributed by atoms with E-state index < -0.39 is 11.3 Å². The first-order valence-electron chi connectivity index (χ1n) is 6.64. The van der Waals surface area contributed by atoms with Crippen LogP contribution in [-0.2, 0) is 12.8 Å². The fraction of sp³-hybridized carbons (Fsp3) is 0.357. The van der Waals surface area contributed by atoms with E-state index in [0.29, 0.717) is 5.13 Å². The van der Waals surface area contributed by atoms with Gasteiger partial charge in [0.15, 0.2) is 10.9 Å². The van der Waals surface area contributed by atoms with Gasteiger partial charge in [-0.1, -0.05) is 0 Å². The largest absolute Gasteiger partial charge is 0.490 e. The zero-order chi connectivity index (χ0) is 14.8. The van der Waals surface area contributed by atoms with E-state index in [9.17, 15) is 9.59 Å². The van der Waals surface area contributed by atoms with Crippen LogP contribution in [0.4, 0.5) is 5.13 Å².